The molecule has 0 bridgehead atoms. The Balaban J connectivity index is 1.87. The molecular weight excluding hydrogens is 264 g/mol. The lowest BCUT2D eigenvalue weighted by Crippen LogP contribution is -2.46. The summed E-state index contributed by atoms with van der Waals surface area (Å²) in [5.74, 6) is 1.34. The first-order valence-corrected chi connectivity index (χ1v) is 7.75. The van der Waals surface area contributed by atoms with Gasteiger partial charge in [0.05, 0.1) is 0 Å². The molecule has 0 aliphatic carbocycles. The molecule has 1 aromatic carbocycles. The van der Waals surface area contributed by atoms with Crippen molar-refractivity contribution in [1.82, 2.24) is 4.90 Å². The molecule has 1 aliphatic rings. The third kappa shape index (κ3) is 4.21. The van der Waals surface area contributed by atoms with E-state index >= 15 is 0 Å². The Morgan fingerprint density at radius 1 is 1.24 bits per heavy atom. The van der Waals surface area contributed by atoms with Crippen LogP contribution in [0, 0.1) is 12.8 Å². The van der Waals surface area contributed by atoms with Crippen LogP contribution in [0.5, 0.6) is 5.75 Å². The van der Waals surface area contributed by atoms with Crippen LogP contribution in [0.4, 0.5) is 0 Å². The van der Waals surface area contributed by atoms with Crippen molar-refractivity contribution in [2.24, 2.45) is 11.7 Å². The molecule has 1 saturated heterocycles. The first-order valence-electron chi connectivity index (χ1n) is 7.75. The van der Waals surface area contributed by atoms with Crippen molar-refractivity contribution in [3.8, 4) is 5.75 Å². The van der Waals surface area contributed by atoms with Crippen LogP contribution < -0.4 is 10.5 Å². The Kier molecular flexibility index (Phi) is 5.23. The molecule has 116 valence electrons. The maximum atomic E-state index is 12.4. The molecule has 0 spiro atoms. The number of piperidine rings is 1. The quantitative estimate of drug-likeness (QED) is 0.926. The second-order valence-corrected chi connectivity index (χ2v) is 6.09. The fraction of sp³-hybridized carbons (Fsp3) is 0.588. The molecule has 2 unspecified atom stereocenters. The number of likely N-dealkylation sites (tertiary alicyclic amines) is 1. The van der Waals surface area contributed by atoms with Crippen molar-refractivity contribution >= 4 is 5.91 Å². The summed E-state index contributed by atoms with van der Waals surface area (Å²) in [5.41, 5.74) is 7.11. The Morgan fingerprint density at radius 2 is 1.81 bits per heavy atom. The average molecular weight is 290 g/mol. The summed E-state index contributed by atoms with van der Waals surface area (Å²) in [4.78, 5) is 14.3. The van der Waals surface area contributed by atoms with E-state index < -0.39 is 6.10 Å². The molecule has 0 saturated carbocycles. The van der Waals surface area contributed by atoms with Gasteiger partial charge in [-0.25, -0.2) is 0 Å². The third-order valence-electron chi connectivity index (χ3n) is 4.28. The van der Waals surface area contributed by atoms with Crippen LogP contribution >= 0.6 is 0 Å². The summed E-state index contributed by atoms with van der Waals surface area (Å²) >= 11 is 0. The molecule has 1 aromatic rings. The SMILES string of the molecule is Cc1ccc(OC(C)C(=O)N2CCC(C(C)N)CC2)cc1. The van der Waals surface area contributed by atoms with E-state index in [1.54, 1.807) is 0 Å². The highest BCUT2D eigenvalue weighted by Gasteiger charge is 2.28. The van der Waals surface area contributed by atoms with Gasteiger partial charge in [-0.2, -0.15) is 0 Å². The van der Waals surface area contributed by atoms with E-state index in [1.165, 1.54) is 5.56 Å². The van der Waals surface area contributed by atoms with Crippen molar-refractivity contribution in [2.75, 3.05) is 13.1 Å². The summed E-state index contributed by atoms with van der Waals surface area (Å²) < 4.78 is 5.74. The number of hydrogen-bond acceptors (Lipinski definition) is 3. The highest BCUT2D eigenvalue weighted by molar-refractivity contribution is 5.81. The number of benzene rings is 1. The van der Waals surface area contributed by atoms with Crippen molar-refractivity contribution in [3.63, 3.8) is 0 Å². The van der Waals surface area contributed by atoms with Crippen LogP contribution in [0.1, 0.15) is 32.3 Å². The van der Waals surface area contributed by atoms with E-state index in [-0.39, 0.29) is 11.9 Å². The van der Waals surface area contributed by atoms with Gasteiger partial charge in [-0.3, -0.25) is 4.79 Å². The van der Waals surface area contributed by atoms with Crippen LogP contribution in [0.3, 0.4) is 0 Å². The van der Waals surface area contributed by atoms with Crippen LogP contribution in [-0.4, -0.2) is 36.0 Å². The second kappa shape index (κ2) is 6.94. The first-order chi connectivity index (χ1) is 9.97. The van der Waals surface area contributed by atoms with Gasteiger partial charge in [0.15, 0.2) is 6.10 Å². The van der Waals surface area contributed by atoms with E-state index in [9.17, 15) is 4.79 Å². The molecule has 2 N–H and O–H groups in total. The molecule has 1 aliphatic heterocycles. The lowest BCUT2D eigenvalue weighted by Gasteiger charge is -2.35. The topological polar surface area (TPSA) is 55.6 Å². The summed E-state index contributed by atoms with van der Waals surface area (Å²) in [7, 11) is 0. The average Bonchev–Trinajstić information content (AvgIpc) is 2.49. The van der Waals surface area contributed by atoms with Crippen LogP contribution in [0.2, 0.25) is 0 Å². The van der Waals surface area contributed by atoms with E-state index in [2.05, 4.69) is 0 Å². The maximum Gasteiger partial charge on any atom is 0.263 e. The minimum absolute atomic E-state index is 0.0682. The smallest absolute Gasteiger partial charge is 0.263 e. The number of carbonyl (C=O) groups is 1. The fourth-order valence-electron chi connectivity index (χ4n) is 2.77. The maximum absolute atomic E-state index is 12.4. The van der Waals surface area contributed by atoms with Gasteiger partial charge >= 0.3 is 0 Å². The predicted octanol–water partition coefficient (Wildman–Crippen LogP) is 2.35. The molecule has 4 heteroatoms. The van der Waals surface area contributed by atoms with E-state index in [0.29, 0.717) is 5.92 Å². The zero-order chi connectivity index (χ0) is 15.4. The van der Waals surface area contributed by atoms with Gasteiger partial charge in [-0.05, 0) is 51.7 Å². The Labute approximate surface area is 127 Å². The second-order valence-electron chi connectivity index (χ2n) is 6.09. The van der Waals surface area contributed by atoms with Crippen LogP contribution in [0.15, 0.2) is 24.3 Å². The summed E-state index contributed by atoms with van der Waals surface area (Å²) in [5, 5.41) is 0. The number of aryl methyl sites for hydroxylation is 1. The molecule has 21 heavy (non-hydrogen) atoms. The fourth-order valence-corrected chi connectivity index (χ4v) is 2.77. The summed E-state index contributed by atoms with van der Waals surface area (Å²) in [6, 6.07) is 7.99. The highest BCUT2D eigenvalue weighted by Crippen LogP contribution is 2.21. The first kappa shape index (κ1) is 15.8. The Hall–Kier alpha value is -1.55. The lowest BCUT2D eigenvalue weighted by molar-refractivity contribution is -0.139. The largest absolute Gasteiger partial charge is 0.481 e. The van der Waals surface area contributed by atoms with Gasteiger partial charge in [0, 0.05) is 19.1 Å². The van der Waals surface area contributed by atoms with Crippen molar-refractivity contribution in [2.45, 2.75) is 45.8 Å². The zero-order valence-electron chi connectivity index (χ0n) is 13.2. The molecule has 1 fully saturated rings. The van der Waals surface area contributed by atoms with Crippen LogP contribution in [-0.2, 0) is 4.79 Å². The molecule has 1 amide bonds. The van der Waals surface area contributed by atoms with Crippen LogP contribution in [0.25, 0.3) is 0 Å². The number of rotatable bonds is 4. The normalized spacial score (nSPS) is 19.1. The van der Waals surface area contributed by atoms with Gasteiger partial charge in [0.2, 0.25) is 0 Å². The molecule has 0 radical (unpaired) electrons. The molecule has 2 atom stereocenters. The molecule has 1 heterocycles. The Morgan fingerprint density at radius 3 is 2.33 bits per heavy atom. The van der Waals surface area contributed by atoms with Gasteiger partial charge < -0.3 is 15.4 Å². The Bertz CT molecular complexity index is 462. The van der Waals surface area contributed by atoms with E-state index in [1.807, 2.05) is 49.9 Å². The monoisotopic (exact) mass is 290 g/mol. The summed E-state index contributed by atoms with van der Waals surface area (Å²) in [6.07, 6.45) is 1.53. The lowest BCUT2D eigenvalue weighted by atomic mass is 9.91. The number of carbonyl (C=O) groups excluding carboxylic acids is 1. The molecule has 4 nitrogen and oxygen atoms in total. The predicted molar refractivity (Wildman–Crippen MR) is 84.2 cm³/mol. The number of ether oxygens (including phenoxy) is 1. The standard InChI is InChI=1S/C17H26N2O2/c1-12-4-6-16(7-5-12)21-14(3)17(20)19-10-8-15(9-11-19)13(2)18/h4-7,13-15H,8-11,18H2,1-3H3. The van der Waals surface area contributed by atoms with Gasteiger partial charge in [0.25, 0.3) is 5.91 Å². The van der Waals surface area contributed by atoms with E-state index in [0.717, 1.165) is 31.7 Å². The number of nitrogens with zero attached hydrogens (tertiary/aromatic N) is 1. The van der Waals surface area contributed by atoms with Gasteiger partial charge in [0.1, 0.15) is 5.75 Å². The molecule has 2 rings (SSSR count). The minimum Gasteiger partial charge on any atom is -0.481 e. The molecule has 0 aromatic heterocycles. The van der Waals surface area contributed by atoms with Gasteiger partial charge in [-0.15, -0.1) is 0 Å². The summed E-state index contributed by atoms with van der Waals surface area (Å²) in [6.45, 7) is 7.46. The zero-order valence-corrected chi connectivity index (χ0v) is 13.2. The molecular formula is C17H26N2O2. The minimum atomic E-state index is -0.445. The number of nitrogens with two attached hydrogens (primary N) is 1. The highest BCUT2D eigenvalue weighted by atomic mass is 16.5. The third-order valence-corrected chi connectivity index (χ3v) is 4.28. The van der Waals surface area contributed by atoms with Crippen molar-refractivity contribution < 1.29 is 9.53 Å². The van der Waals surface area contributed by atoms with Crippen molar-refractivity contribution in [1.29, 1.82) is 0 Å². The van der Waals surface area contributed by atoms with Gasteiger partial charge in [-0.1, -0.05) is 17.7 Å². The number of hydrogen-bond donors (Lipinski definition) is 1. The number of amides is 1. The van der Waals surface area contributed by atoms with Crippen molar-refractivity contribution in [3.05, 3.63) is 29.8 Å². The van der Waals surface area contributed by atoms with E-state index in [4.69, 9.17) is 10.5 Å².